The Kier molecular flexibility index (Phi) is 5.04. The fourth-order valence-electron chi connectivity index (χ4n) is 3.71. The van der Waals surface area contributed by atoms with Crippen molar-refractivity contribution in [3.05, 3.63) is 46.5 Å². The summed E-state index contributed by atoms with van der Waals surface area (Å²) in [5.41, 5.74) is 4.83. The number of ether oxygens (including phenoxy) is 1. The highest BCUT2D eigenvalue weighted by Crippen LogP contribution is 2.36. The van der Waals surface area contributed by atoms with Crippen molar-refractivity contribution in [1.82, 2.24) is 4.98 Å². The number of carbonyl (C=O) groups excluding carboxylic acids is 2. The van der Waals surface area contributed by atoms with Gasteiger partial charge in [0.1, 0.15) is 5.52 Å². The number of aromatic nitrogens is 1. The van der Waals surface area contributed by atoms with Gasteiger partial charge in [-0.3, -0.25) is 9.59 Å². The molecule has 1 fully saturated rings. The predicted octanol–water partition coefficient (Wildman–Crippen LogP) is 4.68. The van der Waals surface area contributed by atoms with E-state index >= 15 is 0 Å². The van der Waals surface area contributed by atoms with Gasteiger partial charge in [-0.15, -0.1) is 0 Å². The van der Waals surface area contributed by atoms with Crippen molar-refractivity contribution in [3.63, 3.8) is 0 Å². The molecular formula is C22H21ClN2O4. The van der Waals surface area contributed by atoms with Gasteiger partial charge in [-0.25, -0.2) is 4.98 Å². The largest absolute Gasteiger partial charge is 0.466 e. The molecule has 0 saturated carbocycles. The molecule has 3 aromatic rings. The molecule has 1 aliphatic heterocycles. The number of nitrogens with zero attached hydrogens (tertiary/aromatic N) is 2. The first-order valence-electron chi connectivity index (χ1n) is 9.52. The van der Waals surface area contributed by atoms with Crippen molar-refractivity contribution in [2.75, 3.05) is 18.1 Å². The monoisotopic (exact) mass is 412 g/mol. The molecule has 6 nitrogen and oxygen atoms in total. The van der Waals surface area contributed by atoms with Crippen molar-refractivity contribution < 1.29 is 18.7 Å². The molecule has 1 aliphatic rings. The Morgan fingerprint density at radius 1 is 1.31 bits per heavy atom. The molecule has 0 unspecified atom stereocenters. The summed E-state index contributed by atoms with van der Waals surface area (Å²) < 4.78 is 11.0. The quantitative estimate of drug-likeness (QED) is 0.581. The standard InChI is InChI=1S/C22H21ClN2O4/c1-4-28-22(27)14-9-19(26)25(11-14)15-5-6-17(23)16(10-15)21-24-18-8-12(2)7-13(3)20(18)29-21/h5-8,10,14H,4,9,11H2,1-3H3/t14-/m0/s1. The second-order valence-electron chi connectivity index (χ2n) is 7.27. The number of esters is 1. The zero-order valence-corrected chi connectivity index (χ0v) is 17.2. The zero-order chi connectivity index (χ0) is 20.7. The predicted molar refractivity (Wildman–Crippen MR) is 111 cm³/mol. The molecule has 29 heavy (non-hydrogen) atoms. The van der Waals surface area contributed by atoms with Crippen LogP contribution in [0.25, 0.3) is 22.6 Å². The number of rotatable bonds is 4. The van der Waals surface area contributed by atoms with E-state index in [1.807, 2.05) is 26.0 Å². The van der Waals surface area contributed by atoms with Crippen LogP contribution in [0.5, 0.6) is 0 Å². The Morgan fingerprint density at radius 3 is 2.86 bits per heavy atom. The van der Waals surface area contributed by atoms with Gasteiger partial charge in [0.25, 0.3) is 0 Å². The molecule has 1 atom stereocenters. The van der Waals surface area contributed by atoms with Crippen LogP contribution in [0.2, 0.25) is 5.02 Å². The van der Waals surface area contributed by atoms with Crippen LogP contribution in [0, 0.1) is 19.8 Å². The van der Waals surface area contributed by atoms with Gasteiger partial charge in [-0.1, -0.05) is 17.7 Å². The highest BCUT2D eigenvalue weighted by atomic mass is 35.5. The van der Waals surface area contributed by atoms with Gasteiger partial charge in [-0.05, 0) is 56.2 Å². The summed E-state index contributed by atoms with van der Waals surface area (Å²) in [4.78, 5) is 30.7. The first-order valence-corrected chi connectivity index (χ1v) is 9.90. The molecule has 1 saturated heterocycles. The number of carbonyl (C=O) groups is 2. The van der Waals surface area contributed by atoms with E-state index in [0.717, 1.165) is 16.6 Å². The summed E-state index contributed by atoms with van der Waals surface area (Å²) in [7, 11) is 0. The van der Waals surface area contributed by atoms with Crippen molar-refractivity contribution in [3.8, 4) is 11.5 Å². The van der Waals surface area contributed by atoms with E-state index in [2.05, 4.69) is 4.98 Å². The van der Waals surface area contributed by atoms with Gasteiger partial charge in [0, 0.05) is 18.7 Å². The molecule has 2 aromatic carbocycles. The Labute approximate surface area is 173 Å². The van der Waals surface area contributed by atoms with E-state index in [4.69, 9.17) is 20.8 Å². The van der Waals surface area contributed by atoms with Gasteiger partial charge in [-0.2, -0.15) is 0 Å². The number of benzene rings is 2. The highest BCUT2D eigenvalue weighted by Gasteiger charge is 2.36. The van der Waals surface area contributed by atoms with Gasteiger partial charge in [0.15, 0.2) is 5.58 Å². The van der Waals surface area contributed by atoms with E-state index < -0.39 is 5.92 Å². The minimum absolute atomic E-state index is 0.125. The molecule has 0 spiro atoms. The Hall–Kier alpha value is -2.86. The van der Waals surface area contributed by atoms with Crippen molar-refractivity contribution in [2.24, 2.45) is 5.92 Å². The van der Waals surface area contributed by atoms with Crippen molar-refractivity contribution in [2.45, 2.75) is 27.2 Å². The van der Waals surface area contributed by atoms with Crippen molar-refractivity contribution in [1.29, 1.82) is 0 Å². The molecule has 0 aliphatic carbocycles. The number of amides is 1. The fourth-order valence-corrected chi connectivity index (χ4v) is 3.91. The van der Waals surface area contributed by atoms with E-state index in [-0.39, 0.29) is 24.8 Å². The highest BCUT2D eigenvalue weighted by molar-refractivity contribution is 6.33. The third-order valence-corrected chi connectivity index (χ3v) is 5.39. The molecule has 2 heterocycles. The lowest BCUT2D eigenvalue weighted by Crippen LogP contribution is -2.26. The molecule has 0 N–H and O–H groups in total. The number of hydrogen-bond donors (Lipinski definition) is 0. The average molecular weight is 413 g/mol. The van der Waals surface area contributed by atoms with Gasteiger partial charge in [0.2, 0.25) is 11.8 Å². The maximum Gasteiger partial charge on any atom is 0.311 e. The molecular weight excluding hydrogens is 392 g/mol. The lowest BCUT2D eigenvalue weighted by molar-refractivity contribution is -0.147. The van der Waals surface area contributed by atoms with Crippen LogP contribution in [0.3, 0.4) is 0 Å². The van der Waals surface area contributed by atoms with E-state index in [9.17, 15) is 9.59 Å². The maximum absolute atomic E-state index is 12.5. The lowest BCUT2D eigenvalue weighted by atomic mass is 10.1. The third-order valence-electron chi connectivity index (χ3n) is 5.06. The molecule has 150 valence electrons. The topological polar surface area (TPSA) is 72.6 Å². The number of hydrogen-bond acceptors (Lipinski definition) is 5. The smallest absolute Gasteiger partial charge is 0.311 e. The average Bonchev–Trinajstić information content (AvgIpc) is 3.26. The Morgan fingerprint density at radius 2 is 2.10 bits per heavy atom. The Balaban J connectivity index is 1.69. The summed E-state index contributed by atoms with van der Waals surface area (Å²) in [5.74, 6) is -0.534. The van der Waals surface area contributed by atoms with Crippen LogP contribution in [0.15, 0.2) is 34.7 Å². The summed E-state index contributed by atoms with van der Waals surface area (Å²) in [6, 6.07) is 9.24. The molecule has 1 aromatic heterocycles. The first-order chi connectivity index (χ1) is 13.9. The van der Waals surface area contributed by atoms with E-state index in [1.165, 1.54) is 0 Å². The number of halogens is 1. The number of oxazole rings is 1. The second kappa shape index (κ2) is 7.52. The first kappa shape index (κ1) is 19.5. The molecule has 0 radical (unpaired) electrons. The van der Waals surface area contributed by atoms with E-state index in [1.54, 1.807) is 30.0 Å². The summed E-state index contributed by atoms with van der Waals surface area (Å²) in [6.07, 6.45) is 0.137. The fraction of sp³-hybridized carbons (Fsp3) is 0.318. The molecule has 1 amide bonds. The molecule has 4 rings (SSSR count). The number of anilines is 1. The summed E-state index contributed by atoms with van der Waals surface area (Å²) in [5, 5.41) is 0.475. The lowest BCUT2D eigenvalue weighted by Gasteiger charge is -2.17. The maximum atomic E-state index is 12.5. The minimum atomic E-state index is -0.462. The van der Waals surface area contributed by atoms with Crippen LogP contribution < -0.4 is 4.90 Å². The van der Waals surface area contributed by atoms with Gasteiger partial charge >= 0.3 is 5.97 Å². The van der Waals surface area contributed by atoms with Crippen LogP contribution >= 0.6 is 11.6 Å². The van der Waals surface area contributed by atoms with Crippen LogP contribution in [0.4, 0.5) is 5.69 Å². The van der Waals surface area contributed by atoms with E-state index in [0.29, 0.717) is 34.4 Å². The minimum Gasteiger partial charge on any atom is -0.466 e. The van der Waals surface area contributed by atoms with Crippen molar-refractivity contribution >= 4 is 40.3 Å². The van der Waals surface area contributed by atoms with Crippen LogP contribution in [-0.2, 0) is 14.3 Å². The van der Waals surface area contributed by atoms with Crippen LogP contribution in [0.1, 0.15) is 24.5 Å². The number of aryl methyl sites for hydroxylation is 2. The normalized spacial score (nSPS) is 16.6. The molecule has 0 bridgehead atoms. The summed E-state index contributed by atoms with van der Waals surface area (Å²) >= 11 is 6.42. The molecule has 7 heteroatoms. The van der Waals surface area contributed by atoms with Gasteiger partial charge < -0.3 is 14.1 Å². The SMILES string of the molecule is CCOC(=O)[C@H]1CC(=O)N(c2ccc(Cl)c(-c3nc4cc(C)cc(C)c4o3)c2)C1. The van der Waals surface area contributed by atoms with Gasteiger partial charge in [0.05, 0.1) is 23.1 Å². The number of fused-ring (bicyclic) bond motifs is 1. The second-order valence-corrected chi connectivity index (χ2v) is 7.68. The van der Waals surface area contributed by atoms with Crippen LogP contribution in [-0.4, -0.2) is 30.0 Å². The Bertz CT molecular complexity index is 1120. The summed E-state index contributed by atoms with van der Waals surface area (Å²) in [6.45, 7) is 6.31. The zero-order valence-electron chi connectivity index (χ0n) is 16.5. The third kappa shape index (κ3) is 3.60.